The third-order valence-corrected chi connectivity index (χ3v) is 5.21. The van der Waals surface area contributed by atoms with Crippen LogP contribution in [0, 0.1) is 0 Å². The number of aliphatic carboxylic acids is 1. The molecule has 5 unspecified atom stereocenters. The van der Waals surface area contributed by atoms with Gasteiger partial charge < -0.3 is 42.9 Å². The lowest BCUT2D eigenvalue weighted by molar-refractivity contribution is -0.147. The number of carboxylic acids is 1. The molecule has 0 aromatic carbocycles. The number of aliphatic hydroxyl groups is 1. The van der Waals surface area contributed by atoms with Crippen molar-refractivity contribution in [1.29, 1.82) is 0 Å². The van der Waals surface area contributed by atoms with Crippen LogP contribution in [0.4, 0.5) is 0 Å². The molecule has 1 rings (SSSR count). The molecule has 13 heteroatoms. The number of aliphatic hydroxyl groups excluding tert-OH is 1. The number of likely N-dealkylation sites (tertiary alicyclic amines) is 1. The zero-order valence-corrected chi connectivity index (χ0v) is 18.2. The summed E-state index contributed by atoms with van der Waals surface area (Å²) in [6.45, 7) is 1.83. The Balaban J connectivity index is 2.91. The number of nitrogens with zero attached hydrogens (tertiary/aromatic N) is 1. The molecule has 1 saturated heterocycles. The Morgan fingerprint density at radius 3 is 2.34 bits per heavy atom. The molecule has 32 heavy (non-hydrogen) atoms. The highest BCUT2D eigenvalue weighted by atomic mass is 16.4. The molecule has 0 aliphatic carbocycles. The molecule has 0 spiro atoms. The van der Waals surface area contributed by atoms with E-state index in [9.17, 15) is 29.1 Å². The average Bonchev–Trinajstić information content (AvgIpc) is 3.19. The van der Waals surface area contributed by atoms with E-state index in [1.165, 1.54) is 11.8 Å². The number of unbranched alkanes of at least 4 members (excludes halogenated alkanes) is 1. The smallest absolute Gasteiger partial charge is 0.328 e. The molecule has 0 radical (unpaired) electrons. The highest BCUT2D eigenvalue weighted by Gasteiger charge is 2.40. The second-order valence-corrected chi connectivity index (χ2v) is 7.88. The molecule has 182 valence electrons. The van der Waals surface area contributed by atoms with Gasteiger partial charge in [-0.2, -0.15) is 0 Å². The van der Waals surface area contributed by atoms with E-state index in [2.05, 4.69) is 10.6 Å². The Morgan fingerprint density at radius 1 is 1.16 bits per heavy atom. The normalized spacial score (nSPS) is 19.5. The minimum Gasteiger partial charge on any atom is -0.480 e. The number of primary amides is 1. The van der Waals surface area contributed by atoms with Crippen molar-refractivity contribution in [2.45, 2.75) is 75.7 Å². The summed E-state index contributed by atoms with van der Waals surface area (Å²) in [6.07, 6.45) is 0.485. The van der Waals surface area contributed by atoms with Crippen LogP contribution in [-0.4, -0.2) is 88.1 Å². The Morgan fingerprint density at radius 2 is 1.81 bits per heavy atom. The maximum Gasteiger partial charge on any atom is 0.328 e. The number of carbonyl (C=O) groups is 5. The van der Waals surface area contributed by atoms with Crippen molar-refractivity contribution in [3.63, 3.8) is 0 Å². The summed E-state index contributed by atoms with van der Waals surface area (Å²) in [4.78, 5) is 62.0. The monoisotopic (exact) mass is 458 g/mol. The summed E-state index contributed by atoms with van der Waals surface area (Å²) < 4.78 is 0. The number of hydrogen-bond donors (Lipinski definition) is 7. The second-order valence-electron chi connectivity index (χ2n) is 7.88. The SMILES string of the molecule is CC(O)C(NC(=O)C1CCCN1C(=O)C(CC(N)=O)NC(=O)C(N)CCCCN)C(=O)O. The van der Waals surface area contributed by atoms with Gasteiger partial charge in [-0.1, -0.05) is 6.42 Å². The molecule has 13 nitrogen and oxygen atoms in total. The van der Waals surface area contributed by atoms with E-state index >= 15 is 0 Å². The van der Waals surface area contributed by atoms with Gasteiger partial charge >= 0.3 is 5.97 Å². The summed E-state index contributed by atoms with van der Waals surface area (Å²) in [5, 5.41) is 23.4. The second kappa shape index (κ2) is 12.9. The fourth-order valence-electron chi connectivity index (χ4n) is 3.46. The van der Waals surface area contributed by atoms with E-state index in [0.717, 1.165) is 0 Å². The maximum atomic E-state index is 13.1. The molecular formula is C19H34N6O7. The molecule has 4 amide bonds. The zero-order chi connectivity index (χ0) is 24.4. The first-order chi connectivity index (χ1) is 15.0. The van der Waals surface area contributed by atoms with Gasteiger partial charge in [-0.25, -0.2) is 4.79 Å². The molecular weight excluding hydrogens is 424 g/mol. The van der Waals surface area contributed by atoms with Gasteiger partial charge in [-0.15, -0.1) is 0 Å². The highest BCUT2D eigenvalue weighted by Crippen LogP contribution is 2.20. The van der Waals surface area contributed by atoms with Crippen molar-refractivity contribution in [2.24, 2.45) is 17.2 Å². The van der Waals surface area contributed by atoms with E-state index in [4.69, 9.17) is 22.3 Å². The number of amides is 4. The summed E-state index contributed by atoms with van der Waals surface area (Å²) in [6, 6.07) is -4.80. The fraction of sp³-hybridized carbons (Fsp3) is 0.737. The molecule has 0 bridgehead atoms. The Labute approximate surface area is 186 Å². The molecule has 0 saturated carbocycles. The first-order valence-electron chi connectivity index (χ1n) is 10.6. The third kappa shape index (κ3) is 8.05. The summed E-state index contributed by atoms with van der Waals surface area (Å²) in [5.41, 5.74) is 16.5. The molecule has 10 N–H and O–H groups in total. The van der Waals surface area contributed by atoms with Crippen molar-refractivity contribution in [3.05, 3.63) is 0 Å². The van der Waals surface area contributed by atoms with Crippen molar-refractivity contribution >= 4 is 29.6 Å². The van der Waals surface area contributed by atoms with Gasteiger partial charge in [0, 0.05) is 6.54 Å². The quantitative estimate of drug-likeness (QED) is 0.137. The number of carboxylic acid groups (broad SMARTS) is 1. The number of hydrogen-bond acceptors (Lipinski definition) is 8. The topological polar surface area (TPSA) is 231 Å². The highest BCUT2D eigenvalue weighted by molar-refractivity contribution is 5.96. The minimum atomic E-state index is -1.55. The van der Waals surface area contributed by atoms with Gasteiger partial charge in [-0.3, -0.25) is 19.2 Å². The third-order valence-electron chi connectivity index (χ3n) is 5.21. The van der Waals surface area contributed by atoms with Crippen LogP contribution in [0.15, 0.2) is 0 Å². The van der Waals surface area contributed by atoms with Crippen LogP contribution >= 0.6 is 0 Å². The van der Waals surface area contributed by atoms with Crippen molar-refractivity contribution in [1.82, 2.24) is 15.5 Å². The van der Waals surface area contributed by atoms with Crippen LogP contribution < -0.4 is 27.8 Å². The van der Waals surface area contributed by atoms with Crippen molar-refractivity contribution in [3.8, 4) is 0 Å². The van der Waals surface area contributed by atoms with Gasteiger partial charge in [0.05, 0.1) is 18.6 Å². The largest absolute Gasteiger partial charge is 0.480 e. The van der Waals surface area contributed by atoms with Crippen LogP contribution in [0.25, 0.3) is 0 Å². The average molecular weight is 459 g/mol. The van der Waals surface area contributed by atoms with Gasteiger partial charge in [0.1, 0.15) is 12.1 Å². The van der Waals surface area contributed by atoms with E-state index in [-0.39, 0.29) is 13.0 Å². The first-order valence-corrected chi connectivity index (χ1v) is 10.6. The van der Waals surface area contributed by atoms with E-state index < -0.39 is 66.3 Å². The molecule has 1 aliphatic heterocycles. The molecule has 1 heterocycles. The predicted molar refractivity (Wildman–Crippen MR) is 113 cm³/mol. The zero-order valence-electron chi connectivity index (χ0n) is 18.2. The lowest BCUT2D eigenvalue weighted by atomic mass is 10.1. The van der Waals surface area contributed by atoms with Gasteiger partial charge in [0.25, 0.3) is 0 Å². The number of nitrogens with two attached hydrogens (primary N) is 3. The molecule has 1 fully saturated rings. The van der Waals surface area contributed by atoms with Gasteiger partial charge in [0.15, 0.2) is 6.04 Å². The van der Waals surface area contributed by atoms with E-state index in [0.29, 0.717) is 32.2 Å². The molecule has 0 aromatic rings. The first kappa shape index (κ1) is 27.3. The van der Waals surface area contributed by atoms with E-state index in [1.54, 1.807) is 0 Å². The predicted octanol–water partition coefficient (Wildman–Crippen LogP) is -3.26. The van der Waals surface area contributed by atoms with Crippen LogP contribution in [0.3, 0.4) is 0 Å². The number of carbonyl (C=O) groups excluding carboxylic acids is 4. The summed E-state index contributed by atoms with van der Waals surface area (Å²) >= 11 is 0. The van der Waals surface area contributed by atoms with E-state index in [1.807, 2.05) is 0 Å². The lowest BCUT2D eigenvalue weighted by Crippen LogP contribution is -2.58. The maximum absolute atomic E-state index is 13.1. The number of rotatable bonds is 13. The Bertz CT molecular complexity index is 702. The standard InChI is InChI=1S/C19H34N6O7/c1-10(26)15(19(31)32)24-17(29)13-6-4-8-25(13)18(30)12(9-14(22)27)23-16(28)11(21)5-2-3-7-20/h10-13,15,26H,2-9,20-21H2,1H3,(H2,22,27)(H,23,28)(H,24,29)(H,31,32). The van der Waals surface area contributed by atoms with Crippen molar-refractivity contribution < 1.29 is 34.2 Å². The van der Waals surface area contributed by atoms with Crippen molar-refractivity contribution in [2.75, 3.05) is 13.1 Å². The Kier molecular flexibility index (Phi) is 11.0. The summed E-state index contributed by atoms with van der Waals surface area (Å²) in [5.74, 6) is -4.35. The number of nitrogens with one attached hydrogen (secondary N) is 2. The van der Waals surface area contributed by atoms with Crippen LogP contribution in [0.2, 0.25) is 0 Å². The van der Waals surface area contributed by atoms with Gasteiger partial charge in [-0.05, 0) is 39.2 Å². The van der Waals surface area contributed by atoms with Crippen LogP contribution in [0.1, 0.15) is 45.4 Å². The Hall–Kier alpha value is -2.77. The molecule has 5 atom stereocenters. The fourth-order valence-corrected chi connectivity index (χ4v) is 3.46. The molecule has 0 aromatic heterocycles. The summed E-state index contributed by atoms with van der Waals surface area (Å²) in [7, 11) is 0. The molecule has 1 aliphatic rings. The van der Waals surface area contributed by atoms with Crippen LogP contribution in [0.5, 0.6) is 0 Å². The minimum absolute atomic E-state index is 0.164. The lowest BCUT2D eigenvalue weighted by Gasteiger charge is -2.30. The van der Waals surface area contributed by atoms with Gasteiger partial charge in [0.2, 0.25) is 23.6 Å². The van der Waals surface area contributed by atoms with Crippen LogP contribution in [-0.2, 0) is 24.0 Å².